The highest BCUT2D eigenvalue weighted by molar-refractivity contribution is 7.99. The molecule has 0 bridgehead atoms. The molecule has 0 aliphatic carbocycles. The van der Waals surface area contributed by atoms with E-state index >= 15 is 0 Å². The highest BCUT2D eigenvalue weighted by Crippen LogP contribution is 2.21. The first-order chi connectivity index (χ1) is 8.45. The Morgan fingerprint density at radius 1 is 1.44 bits per heavy atom. The van der Waals surface area contributed by atoms with Gasteiger partial charge in [-0.2, -0.15) is 11.8 Å². The van der Waals surface area contributed by atoms with E-state index in [1.165, 1.54) is 0 Å². The van der Waals surface area contributed by atoms with E-state index < -0.39 is 11.6 Å². The molecule has 0 radical (unpaired) electrons. The Morgan fingerprint density at radius 2 is 2.00 bits per heavy atom. The van der Waals surface area contributed by atoms with Gasteiger partial charge in [0.2, 0.25) is 0 Å². The molecule has 2 nitrogen and oxygen atoms in total. The minimum Gasteiger partial charge on any atom is -0.389 e. The normalized spacial score (nSPS) is 12.2. The van der Waals surface area contributed by atoms with Gasteiger partial charge < -0.3 is 11.1 Å². The molecular formula is C12H16F2N2S2. The van der Waals surface area contributed by atoms with E-state index in [1.807, 2.05) is 6.26 Å². The third-order valence-corrected chi connectivity index (χ3v) is 3.86. The van der Waals surface area contributed by atoms with Crippen LogP contribution >= 0.6 is 24.0 Å². The summed E-state index contributed by atoms with van der Waals surface area (Å²) >= 11 is 6.40. The van der Waals surface area contributed by atoms with E-state index in [-0.39, 0.29) is 16.2 Å². The second kappa shape index (κ2) is 6.89. The van der Waals surface area contributed by atoms with Crippen molar-refractivity contribution >= 4 is 34.7 Å². The molecule has 0 amide bonds. The van der Waals surface area contributed by atoms with Crippen molar-refractivity contribution in [2.45, 2.75) is 18.6 Å². The van der Waals surface area contributed by atoms with Gasteiger partial charge in [-0.25, -0.2) is 8.78 Å². The summed E-state index contributed by atoms with van der Waals surface area (Å²) in [6.45, 7) is 2.58. The molecule has 0 aliphatic heterocycles. The molecule has 0 saturated heterocycles. The van der Waals surface area contributed by atoms with Crippen molar-refractivity contribution in [2.24, 2.45) is 5.73 Å². The van der Waals surface area contributed by atoms with Crippen molar-refractivity contribution in [1.29, 1.82) is 0 Å². The highest BCUT2D eigenvalue weighted by atomic mass is 32.2. The van der Waals surface area contributed by atoms with Gasteiger partial charge in [0.05, 0.1) is 0 Å². The molecule has 0 heterocycles. The Hall–Kier alpha value is -0.880. The van der Waals surface area contributed by atoms with Crippen molar-refractivity contribution in [3.63, 3.8) is 0 Å². The number of hydrogen-bond acceptors (Lipinski definition) is 3. The second-order valence-electron chi connectivity index (χ2n) is 3.94. The monoisotopic (exact) mass is 290 g/mol. The quantitative estimate of drug-likeness (QED) is 0.789. The summed E-state index contributed by atoms with van der Waals surface area (Å²) in [5.74, 6) is -1.34. The summed E-state index contributed by atoms with van der Waals surface area (Å²) in [7, 11) is 0. The van der Waals surface area contributed by atoms with Crippen LogP contribution in [0.4, 0.5) is 14.5 Å². The third-order valence-electron chi connectivity index (χ3n) is 2.58. The van der Waals surface area contributed by atoms with Crippen molar-refractivity contribution < 1.29 is 8.78 Å². The molecule has 18 heavy (non-hydrogen) atoms. The number of anilines is 1. The van der Waals surface area contributed by atoms with Gasteiger partial charge in [0.25, 0.3) is 0 Å². The van der Waals surface area contributed by atoms with Gasteiger partial charge in [-0.15, -0.1) is 0 Å². The lowest BCUT2D eigenvalue weighted by molar-refractivity contribution is 0.587. The van der Waals surface area contributed by atoms with Crippen LogP contribution < -0.4 is 11.1 Å². The zero-order valence-corrected chi connectivity index (χ0v) is 11.9. The fourth-order valence-electron chi connectivity index (χ4n) is 1.40. The van der Waals surface area contributed by atoms with Gasteiger partial charge in [0, 0.05) is 17.4 Å². The number of thioether (sulfide) groups is 1. The van der Waals surface area contributed by atoms with Crippen molar-refractivity contribution in [2.75, 3.05) is 18.1 Å². The SMILES string of the molecule is CSC(C)CCNc1c(F)cc(C(N)=S)cc1F. The molecule has 6 heteroatoms. The lowest BCUT2D eigenvalue weighted by Gasteiger charge is -2.12. The number of thiocarbonyl (C=S) groups is 1. The molecule has 100 valence electrons. The molecule has 1 atom stereocenters. The predicted molar refractivity (Wildman–Crippen MR) is 78.3 cm³/mol. The van der Waals surface area contributed by atoms with Crippen LogP contribution in [0.2, 0.25) is 0 Å². The average molecular weight is 290 g/mol. The average Bonchev–Trinajstić information content (AvgIpc) is 2.31. The van der Waals surface area contributed by atoms with Gasteiger partial charge in [-0.3, -0.25) is 0 Å². The maximum atomic E-state index is 13.7. The van der Waals surface area contributed by atoms with Gasteiger partial charge >= 0.3 is 0 Å². The van der Waals surface area contributed by atoms with Gasteiger partial charge in [-0.1, -0.05) is 19.1 Å². The minimum atomic E-state index is -0.672. The van der Waals surface area contributed by atoms with E-state index in [0.717, 1.165) is 18.6 Å². The van der Waals surface area contributed by atoms with Crippen LogP contribution in [-0.4, -0.2) is 23.0 Å². The van der Waals surface area contributed by atoms with Crippen LogP contribution in [0.15, 0.2) is 12.1 Å². The molecule has 3 N–H and O–H groups in total. The maximum absolute atomic E-state index is 13.7. The van der Waals surface area contributed by atoms with Crippen molar-refractivity contribution in [3.05, 3.63) is 29.3 Å². The summed E-state index contributed by atoms with van der Waals surface area (Å²) in [5.41, 5.74) is 5.41. The zero-order valence-electron chi connectivity index (χ0n) is 10.3. The predicted octanol–water partition coefficient (Wildman–Crippen LogP) is 3.15. The van der Waals surface area contributed by atoms with E-state index in [2.05, 4.69) is 24.5 Å². The number of rotatable bonds is 6. The molecule has 1 aromatic rings. The maximum Gasteiger partial charge on any atom is 0.150 e. The Balaban J connectivity index is 2.75. The topological polar surface area (TPSA) is 38.0 Å². The number of nitrogens with two attached hydrogens (primary N) is 1. The lowest BCUT2D eigenvalue weighted by Crippen LogP contribution is -2.13. The number of hydrogen-bond donors (Lipinski definition) is 2. The Kier molecular flexibility index (Phi) is 5.81. The summed E-state index contributed by atoms with van der Waals surface area (Å²) in [4.78, 5) is -0.0182. The van der Waals surface area contributed by atoms with Gasteiger partial charge in [0.15, 0.2) is 0 Å². The molecule has 0 saturated carbocycles. The molecule has 0 aliphatic rings. The number of benzene rings is 1. The zero-order chi connectivity index (χ0) is 13.7. The molecule has 1 aromatic carbocycles. The third kappa shape index (κ3) is 4.10. The lowest BCUT2D eigenvalue weighted by atomic mass is 10.2. The smallest absolute Gasteiger partial charge is 0.150 e. The first-order valence-electron chi connectivity index (χ1n) is 5.51. The highest BCUT2D eigenvalue weighted by Gasteiger charge is 2.12. The first-order valence-corrected chi connectivity index (χ1v) is 7.20. The Morgan fingerprint density at radius 3 is 2.44 bits per heavy atom. The van der Waals surface area contributed by atoms with Crippen LogP contribution in [0.3, 0.4) is 0 Å². The fourth-order valence-corrected chi connectivity index (χ4v) is 1.87. The van der Waals surface area contributed by atoms with Crippen LogP contribution in [0.25, 0.3) is 0 Å². The van der Waals surface area contributed by atoms with E-state index in [0.29, 0.717) is 11.8 Å². The van der Waals surface area contributed by atoms with E-state index in [4.69, 9.17) is 5.73 Å². The molecular weight excluding hydrogens is 274 g/mol. The van der Waals surface area contributed by atoms with E-state index in [9.17, 15) is 8.78 Å². The Labute approximate surface area is 115 Å². The summed E-state index contributed by atoms with van der Waals surface area (Å²) in [6, 6.07) is 2.29. The van der Waals surface area contributed by atoms with Crippen molar-refractivity contribution in [1.82, 2.24) is 0 Å². The minimum absolute atomic E-state index is 0.0182. The van der Waals surface area contributed by atoms with Crippen LogP contribution in [0.5, 0.6) is 0 Å². The van der Waals surface area contributed by atoms with Crippen LogP contribution in [-0.2, 0) is 0 Å². The number of nitrogens with one attached hydrogen (secondary N) is 1. The standard InChI is InChI=1S/C12H16F2N2S2/c1-7(18-2)3-4-16-11-9(13)5-8(12(15)17)6-10(11)14/h5-7,16H,3-4H2,1-2H3,(H2,15,17). The van der Waals surface area contributed by atoms with Gasteiger partial charge in [0.1, 0.15) is 22.3 Å². The molecule has 0 spiro atoms. The van der Waals surface area contributed by atoms with Crippen LogP contribution in [0, 0.1) is 11.6 Å². The second-order valence-corrected chi connectivity index (χ2v) is 5.66. The molecule has 1 unspecified atom stereocenters. The van der Waals surface area contributed by atoms with Crippen molar-refractivity contribution in [3.8, 4) is 0 Å². The Bertz CT molecular complexity index is 415. The van der Waals surface area contributed by atoms with Crippen LogP contribution in [0.1, 0.15) is 18.9 Å². The summed E-state index contributed by atoms with van der Waals surface area (Å²) < 4.78 is 27.3. The molecule has 1 rings (SSSR count). The van der Waals surface area contributed by atoms with Gasteiger partial charge in [-0.05, 0) is 24.8 Å². The largest absolute Gasteiger partial charge is 0.389 e. The molecule has 0 aromatic heterocycles. The summed E-state index contributed by atoms with van der Waals surface area (Å²) in [5, 5.41) is 3.21. The molecule has 0 fully saturated rings. The summed E-state index contributed by atoms with van der Waals surface area (Å²) in [6.07, 6.45) is 2.83. The first kappa shape index (κ1) is 15.2. The fraction of sp³-hybridized carbons (Fsp3) is 0.417. The number of halogens is 2. The van der Waals surface area contributed by atoms with E-state index in [1.54, 1.807) is 11.8 Å².